The van der Waals surface area contributed by atoms with E-state index in [4.69, 9.17) is 0 Å². The number of fused-ring (bicyclic) bond motifs is 1. The minimum Gasteiger partial charge on any atom is -0.336 e. The Morgan fingerprint density at radius 3 is 2.54 bits per heavy atom. The molecule has 1 heterocycles. The first-order valence-corrected chi connectivity index (χ1v) is 7.43. The maximum Gasteiger partial charge on any atom is 0.278 e. The summed E-state index contributed by atoms with van der Waals surface area (Å²) in [6.07, 6.45) is 0. The molecule has 0 aliphatic carbocycles. The Bertz CT molecular complexity index is 964. The fourth-order valence-electron chi connectivity index (χ4n) is 2.58. The lowest BCUT2D eigenvalue weighted by molar-refractivity contribution is 0.0776. The lowest BCUT2D eigenvalue weighted by atomic mass is 10.1. The van der Waals surface area contributed by atoms with Crippen LogP contribution in [0.4, 0.5) is 4.39 Å². The lowest BCUT2D eigenvalue weighted by Gasteiger charge is -2.17. The molecule has 24 heavy (non-hydrogen) atoms. The predicted molar refractivity (Wildman–Crippen MR) is 89.2 cm³/mol. The number of nitrogens with zero attached hydrogens (tertiary/aromatic N) is 3. The summed E-state index contributed by atoms with van der Waals surface area (Å²) >= 11 is 0. The third kappa shape index (κ3) is 2.90. The Kier molecular flexibility index (Phi) is 4.12. The van der Waals surface area contributed by atoms with Crippen molar-refractivity contribution < 1.29 is 9.18 Å². The predicted octanol–water partition coefficient (Wildman–Crippen LogP) is 2.34. The van der Waals surface area contributed by atoms with Gasteiger partial charge >= 0.3 is 0 Å². The third-order valence-corrected chi connectivity index (χ3v) is 3.84. The quantitative estimate of drug-likeness (QED) is 0.743. The summed E-state index contributed by atoms with van der Waals surface area (Å²) in [4.78, 5) is 26.6. The average molecular weight is 325 g/mol. The zero-order chi connectivity index (χ0) is 17.3. The fourth-order valence-corrected chi connectivity index (χ4v) is 2.58. The van der Waals surface area contributed by atoms with E-state index in [0.717, 1.165) is 5.56 Å². The number of aryl methyl sites for hydroxylation is 1. The first-order chi connectivity index (χ1) is 11.5. The van der Waals surface area contributed by atoms with Gasteiger partial charge in [0.25, 0.3) is 5.91 Å². The molecule has 0 saturated heterocycles. The first-order valence-electron chi connectivity index (χ1n) is 7.43. The Balaban J connectivity index is 1.94. The minimum absolute atomic E-state index is 0.124. The molecule has 0 saturated carbocycles. The van der Waals surface area contributed by atoms with Crippen LogP contribution in [0.1, 0.15) is 16.1 Å². The zero-order valence-electron chi connectivity index (χ0n) is 13.4. The van der Waals surface area contributed by atoms with Crippen molar-refractivity contribution in [3.63, 3.8) is 0 Å². The molecule has 0 fully saturated rings. The molecular weight excluding hydrogens is 309 g/mol. The van der Waals surface area contributed by atoms with Gasteiger partial charge in [0.05, 0.1) is 5.52 Å². The van der Waals surface area contributed by atoms with Crippen LogP contribution in [0, 0.1) is 5.82 Å². The highest BCUT2D eigenvalue weighted by Crippen LogP contribution is 2.11. The van der Waals surface area contributed by atoms with Crippen LogP contribution in [0.3, 0.4) is 0 Å². The van der Waals surface area contributed by atoms with Crippen molar-refractivity contribution >= 4 is 16.8 Å². The van der Waals surface area contributed by atoms with Gasteiger partial charge < -0.3 is 4.90 Å². The van der Waals surface area contributed by atoms with Crippen molar-refractivity contribution in [2.75, 3.05) is 7.05 Å². The van der Waals surface area contributed by atoms with Crippen molar-refractivity contribution in [2.24, 2.45) is 7.05 Å². The van der Waals surface area contributed by atoms with Crippen LogP contribution in [0.15, 0.2) is 53.3 Å². The van der Waals surface area contributed by atoms with Crippen LogP contribution in [0.5, 0.6) is 0 Å². The summed E-state index contributed by atoms with van der Waals surface area (Å²) in [5.74, 6) is -0.802. The van der Waals surface area contributed by atoms with Crippen molar-refractivity contribution in [1.29, 1.82) is 0 Å². The van der Waals surface area contributed by atoms with Gasteiger partial charge in [0.2, 0.25) is 5.43 Å². The SMILES string of the molecule is CN(Cc1ccc(F)cc1)C(=O)c1nn(C)c2ccccc2c1=O. The number of carbonyl (C=O) groups excluding carboxylic acids is 1. The van der Waals surface area contributed by atoms with Gasteiger partial charge in [0, 0.05) is 26.0 Å². The molecule has 0 spiro atoms. The van der Waals surface area contributed by atoms with E-state index < -0.39 is 5.91 Å². The molecule has 0 bridgehead atoms. The van der Waals surface area contributed by atoms with Gasteiger partial charge in [-0.3, -0.25) is 14.3 Å². The van der Waals surface area contributed by atoms with Crippen LogP contribution in [0.25, 0.3) is 10.9 Å². The number of carbonyl (C=O) groups is 1. The van der Waals surface area contributed by atoms with Gasteiger partial charge in [-0.1, -0.05) is 24.3 Å². The number of hydrogen-bond donors (Lipinski definition) is 0. The molecule has 3 aromatic rings. The fraction of sp³-hybridized carbons (Fsp3) is 0.167. The average Bonchev–Trinajstić information content (AvgIpc) is 2.59. The normalized spacial score (nSPS) is 10.8. The number of para-hydroxylation sites is 1. The molecule has 0 atom stereocenters. The molecule has 1 amide bonds. The summed E-state index contributed by atoms with van der Waals surface area (Å²) in [6, 6.07) is 12.9. The zero-order valence-corrected chi connectivity index (χ0v) is 13.4. The lowest BCUT2D eigenvalue weighted by Crippen LogP contribution is -2.33. The monoisotopic (exact) mass is 325 g/mol. The van der Waals surface area contributed by atoms with Gasteiger partial charge in [-0.05, 0) is 29.8 Å². The number of amides is 1. The van der Waals surface area contributed by atoms with Gasteiger partial charge in [0.15, 0.2) is 5.69 Å². The van der Waals surface area contributed by atoms with E-state index in [1.54, 1.807) is 44.4 Å². The van der Waals surface area contributed by atoms with Gasteiger partial charge in [-0.25, -0.2) is 4.39 Å². The maximum atomic E-state index is 13.0. The highest BCUT2D eigenvalue weighted by atomic mass is 19.1. The van der Waals surface area contributed by atoms with Crippen LogP contribution < -0.4 is 5.43 Å². The molecule has 0 aliphatic rings. The van der Waals surface area contributed by atoms with E-state index >= 15 is 0 Å². The molecule has 0 radical (unpaired) electrons. The standard InChI is InChI=1S/C18H16FN3O2/c1-21(11-12-7-9-13(19)10-8-12)18(24)16-17(23)14-5-3-4-6-15(14)22(2)20-16/h3-10H,11H2,1-2H3. The first kappa shape index (κ1) is 15.9. The highest BCUT2D eigenvalue weighted by Gasteiger charge is 2.20. The Morgan fingerprint density at radius 1 is 1.17 bits per heavy atom. The van der Waals surface area contributed by atoms with E-state index in [9.17, 15) is 14.0 Å². The van der Waals surface area contributed by atoms with Crippen LogP contribution in [-0.4, -0.2) is 27.6 Å². The van der Waals surface area contributed by atoms with Crippen LogP contribution in [-0.2, 0) is 13.6 Å². The summed E-state index contributed by atoms with van der Waals surface area (Å²) in [5.41, 5.74) is 0.922. The van der Waals surface area contributed by atoms with Crippen molar-refractivity contribution in [2.45, 2.75) is 6.54 Å². The largest absolute Gasteiger partial charge is 0.336 e. The Hall–Kier alpha value is -3.02. The molecule has 0 N–H and O–H groups in total. The molecule has 3 rings (SSSR count). The Labute approximate surface area is 137 Å². The van der Waals surface area contributed by atoms with Gasteiger partial charge in [-0.2, -0.15) is 5.10 Å². The van der Waals surface area contributed by atoms with Crippen LogP contribution in [0.2, 0.25) is 0 Å². The molecule has 0 unspecified atom stereocenters. The van der Waals surface area contributed by atoms with Gasteiger partial charge in [0.1, 0.15) is 5.82 Å². The number of hydrogen-bond acceptors (Lipinski definition) is 3. The molecule has 1 aromatic heterocycles. The Morgan fingerprint density at radius 2 is 1.83 bits per heavy atom. The van der Waals surface area contributed by atoms with E-state index in [0.29, 0.717) is 10.9 Å². The third-order valence-electron chi connectivity index (χ3n) is 3.84. The second-order valence-corrected chi connectivity index (χ2v) is 5.61. The molecule has 0 aliphatic heterocycles. The molecule has 2 aromatic carbocycles. The minimum atomic E-state index is -0.467. The highest BCUT2D eigenvalue weighted by molar-refractivity contribution is 5.95. The number of benzene rings is 2. The maximum absolute atomic E-state index is 13.0. The van der Waals surface area contributed by atoms with Crippen molar-refractivity contribution in [3.8, 4) is 0 Å². The topological polar surface area (TPSA) is 55.2 Å². The second-order valence-electron chi connectivity index (χ2n) is 5.61. The van der Waals surface area contributed by atoms with Crippen LogP contribution >= 0.6 is 0 Å². The second kappa shape index (κ2) is 6.23. The summed E-state index contributed by atoms with van der Waals surface area (Å²) < 4.78 is 14.5. The van der Waals surface area contributed by atoms with E-state index in [1.165, 1.54) is 21.7 Å². The summed E-state index contributed by atoms with van der Waals surface area (Å²) in [6.45, 7) is 0.261. The molecule has 122 valence electrons. The van der Waals surface area contributed by atoms with E-state index in [-0.39, 0.29) is 23.5 Å². The van der Waals surface area contributed by atoms with Crippen molar-refractivity contribution in [1.82, 2.24) is 14.7 Å². The summed E-state index contributed by atoms with van der Waals surface area (Å²) in [7, 11) is 3.28. The molecular formula is C18H16FN3O2. The molecule has 5 nitrogen and oxygen atoms in total. The number of halogens is 1. The molecule has 6 heteroatoms. The smallest absolute Gasteiger partial charge is 0.278 e. The van der Waals surface area contributed by atoms with Crippen molar-refractivity contribution in [3.05, 3.63) is 75.8 Å². The summed E-state index contributed by atoms with van der Waals surface area (Å²) in [5, 5.41) is 4.58. The number of rotatable bonds is 3. The van der Waals surface area contributed by atoms with E-state index in [2.05, 4.69) is 5.10 Å². The van der Waals surface area contributed by atoms with Gasteiger partial charge in [-0.15, -0.1) is 0 Å². The van der Waals surface area contributed by atoms with E-state index in [1.807, 2.05) is 6.07 Å². The number of aromatic nitrogens is 2.